The summed E-state index contributed by atoms with van der Waals surface area (Å²) >= 11 is 0. The van der Waals surface area contributed by atoms with Crippen molar-refractivity contribution in [1.82, 2.24) is 9.88 Å². The second-order valence-corrected chi connectivity index (χ2v) is 7.90. The molecule has 0 aliphatic carbocycles. The highest BCUT2D eigenvalue weighted by molar-refractivity contribution is 5.99. The van der Waals surface area contributed by atoms with Crippen LogP contribution < -0.4 is 9.47 Å². The standard InChI is InChI=1S/C25H28N2O4/c1-4-24(29)21-13-20-16(11-25(21)31-3)9-10-27(15-28)23(20)8-5-17-14-26-22-7-6-18(30-2)12-19(17)22/h6-7,11-15,23,26H,4-5,8-10H2,1-3H3/t23-/m0/s1. The number of benzene rings is 2. The molecule has 31 heavy (non-hydrogen) atoms. The Morgan fingerprint density at radius 3 is 2.77 bits per heavy atom. The fourth-order valence-electron chi connectivity index (χ4n) is 4.56. The number of aromatic nitrogens is 1. The Morgan fingerprint density at radius 2 is 2.06 bits per heavy atom. The van der Waals surface area contributed by atoms with Crippen LogP contribution in [0.2, 0.25) is 0 Å². The van der Waals surface area contributed by atoms with Gasteiger partial charge < -0.3 is 19.4 Å². The van der Waals surface area contributed by atoms with Crippen LogP contribution >= 0.6 is 0 Å². The van der Waals surface area contributed by atoms with Gasteiger partial charge in [-0.05, 0) is 66.3 Å². The van der Waals surface area contributed by atoms with Crippen LogP contribution in [0, 0.1) is 0 Å². The van der Waals surface area contributed by atoms with Crippen molar-refractivity contribution in [1.29, 1.82) is 0 Å². The maximum absolute atomic E-state index is 12.5. The number of Topliss-reactive ketones (excluding diaryl/α,β-unsaturated/α-hetero) is 1. The van der Waals surface area contributed by atoms with Gasteiger partial charge >= 0.3 is 0 Å². The summed E-state index contributed by atoms with van der Waals surface area (Å²) < 4.78 is 10.9. The van der Waals surface area contributed by atoms with Crippen molar-refractivity contribution in [2.75, 3.05) is 20.8 Å². The van der Waals surface area contributed by atoms with Crippen molar-refractivity contribution >= 4 is 23.1 Å². The van der Waals surface area contributed by atoms with Crippen LogP contribution in [0.4, 0.5) is 0 Å². The third-order valence-electron chi connectivity index (χ3n) is 6.28. The molecule has 1 aliphatic heterocycles. The van der Waals surface area contributed by atoms with E-state index in [1.54, 1.807) is 14.2 Å². The molecule has 2 aromatic carbocycles. The summed E-state index contributed by atoms with van der Waals surface area (Å²) in [7, 11) is 3.26. The minimum atomic E-state index is -0.0777. The summed E-state index contributed by atoms with van der Waals surface area (Å²) in [5.41, 5.74) is 5.04. The number of H-pyrrole nitrogens is 1. The summed E-state index contributed by atoms with van der Waals surface area (Å²) in [5, 5.41) is 1.13. The van der Waals surface area contributed by atoms with Crippen molar-refractivity contribution in [3.63, 3.8) is 0 Å². The molecule has 0 fully saturated rings. The Labute approximate surface area is 182 Å². The molecule has 0 saturated heterocycles. The lowest BCUT2D eigenvalue weighted by Gasteiger charge is -2.35. The monoisotopic (exact) mass is 420 g/mol. The first-order valence-corrected chi connectivity index (χ1v) is 10.7. The number of carbonyl (C=O) groups is 2. The Morgan fingerprint density at radius 1 is 1.23 bits per heavy atom. The fraction of sp³-hybridized carbons (Fsp3) is 0.360. The minimum absolute atomic E-state index is 0.0466. The first-order valence-electron chi connectivity index (χ1n) is 10.7. The van der Waals surface area contributed by atoms with Gasteiger partial charge in [0, 0.05) is 30.1 Å². The molecular formula is C25H28N2O4. The second-order valence-electron chi connectivity index (χ2n) is 7.90. The van der Waals surface area contributed by atoms with E-state index in [2.05, 4.69) is 4.98 Å². The van der Waals surface area contributed by atoms with E-state index in [0.717, 1.165) is 53.5 Å². The Hall–Kier alpha value is -3.28. The van der Waals surface area contributed by atoms with E-state index in [9.17, 15) is 9.59 Å². The summed E-state index contributed by atoms with van der Waals surface area (Å²) in [6, 6.07) is 9.83. The number of amides is 1. The number of nitrogens with zero attached hydrogens (tertiary/aromatic N) is 1. The zero-order valence-electron chi connectivity index (χ0n) is 18.2. The van der Waals surface area contributed by atoms with Crippen molar-refractivity contribution in [2.24, 2.45) is 0 Å². The molecule has 0 spiro atoms. The van der Waals surface area contributed by atoms with Gasteiger partial charge in [0.15, 0.2) is 5.78 Å². The molecule has 4 rings (SSSR count). The van der Waals surface area contributed by atoms with Gasteiger partial charge in [0.2, 0.25) is 6.41 Å². The second kappa shape index (κ2) is 8.84. The predicted molar refractivity (Wildman–Crippen MR) is 120 cm³/mol. The third-order valence-corrected chi connectivity index (χ3v) is 6.28. The van der Waals surface area contributed by atoms with Crippen molar-refractivity contribution in [2.45, 2.75) is 38.6 Å². The number of rotatable bonds is 8. The smallest absolute Gasteiger partial charge is 0.210 e. The van der Waals surface area contributed by atoms with Gasteiger partial charge in [0.05, 0.1) is 25.8 Å². The molecule has 1 amide bonds. The molecular weight excluding hydrogens is 392 g/mol. The maximum atomic E-state index is 12.5. The number of nitrogens with one attached hydrogen (secondary N) is 1. The third kappa shape index (κ3) is 3.90. The van der Waals surface area contributed by atoms with Crippen molar-refractivity contribution < 1.29 is 19.1 Å². The number of hydrogen-bond donors (Lipinski definition) is 1. The molecule has 0 unspecified atom stereocenters. The normalized spacial score (nSPS) is 15.6. The molecule has 0 bridgehead atoms. The molecule has 3 aromatic rings. The lowest BCUT2D eigenvalue weighted by Crippen LogP contribution is -2.35. The van der Waals surface area contributed by atoms with Crippen LogP contribution in [0.5, 0.6) is 11.5 Å². The SMILES string of the molecule is CCC(=O)c1cc2c(cc1OC)CCN(C=O)[C@H]2CCc1c[nH]c2ccc(OC)cc12. The number of fused-ring (bicyclic) bond motifs is 2. The van der Waals surface area contributed by atoms with E-state index in [1.165, 1.54) is 5.56 Å². The number of aryl methyl sites for hydroxylation is 1. The molecule has 1 aromatic heterocycles. The number of aromatic amines is 1. The zero-order valence-corrected chi connectivity index (χ0v) is 18.2. The van der Waals surface area contributed by atoms with E-state index in [0.29, 0.717) is 24.3 Å². The first kappa shape index (κ1) is 21.0. The Balaban J connectivity index is 1.68. The van der Waals surface area contributed by atoms with Gasteiger partial charge in [-0.15, -0.1) is 0 Å². The van der Waals surface area contributed by atoms with Crippen LogP contribution in [0.25, 0.3) is 10.9 Å². The quantitative estimate of drug-likeness (QED) is 0.431. The summed E-state index contributed by atoms with van der Waals surface area (Å²) in [5.74, 6) is 1.48. The molecule has 1 N–H and O–H groups in total. The predicted octanol–water partition coefficient (Wildman–Crippen LogP) is 4.47. The molecule has 1 atom stereocenters. The summed E-state index contributed by atoms with van der Waals surface area (Å²) in [6.07, 6.45) is 5.68. The summed E-state index contributed by atoms with van der Waals surface area (Å²) in [4.78, 5) is 29.5. The average molecular weight is 421 g/mol. The van der Waals surface area contributed by atoms with Crippen molar-refractivity contribution in [3.8, 4) is 11.5 Å². The molecule has 2 heterocycles. The Kier molecular flexibility index (Phi) is 5.98. The van der Waals surface area contributed by atoms with Crippen LogP contribution in [-0.4, -0.2) is 42.8 Å². The van der Waals surface area contributed by atoms with Crippen LogP contribution in [0.3, 0.4) is 0 Å². The van der Waals surface area contributed by atoms with Gasteiger partial charge in [0.1, 0.15) is 11.5 Å². The highest BCUT2D eigenvalue weighted by Gasteiger charge is 2.29. The van der Waals surface area contributed by atoms with Gasteiger partial charge in [-0.2, -0.15) is 0 Å². The van der Waals surface area contributed by atoms with Gasteiger partial charge in [0.25, 0.3) is 0 Å². The van der Waals surface area contributed by atoms with Crippen molar-refractivity contribution in [3.05, 3.63) is 58.8 Å². The molecule has 1 aliphatic rings. The van der Waals surface area contributed by atoms with E-state index < -0.39 is 0 Å². The van der Waals surface area contributed by atoms with Gasteiger partial charge in [-0.3, -0.25) is 9.59 Å². The summed E-state index contributed by atoms with van der Waals surface area (Å²) in [6.45, 7) is 2.51. The van der Waals surface area contributed by atoms with Gasteiger partial charge in [-0.25, -0.2) is 0 Å². The number of carbonyl (C=O) groups excluding carboxylic acids is 2. The topological polar surface area (TPSA) is 71.6 Å². The molecule has 6 heteroatoms. The molecule has 0 radical (unpaired) electrons. The largest absolute Gasteiger partial charge is 0.497 e. The number of ether oxygens (including phenoxy) is 2. The fourth-order valence-corrected chi connectivity index (χ4v) is 4.56. The maximum Gasteiger partial charge on any atom is 0.210 e. The zero-order chi connectivity index (χ0) is 22.0. The number of methoxy groups -OCH3 is 2. The lowest BCUT2D eigenvalue weighted by molar-refractivity contribution is -0.120. The van der Waals surface area contributed by atoms with Crippen LogP contribution in [0.15, 0.2) is 36.5 Å². The average Bonchev–Trinajstić information content (AvgIpc) is 3.22. The van der Waals surface area contributed by atoms with E-state index >= 15 is 0 Å². The van der Waals surface area contributed by atoms with Gasteiger partial charge in [-0.1, -0.05) is 6.92 Å². The molecule has 0 saturated carbocycles. The Bertz CT molecular complexity index is 1120. The van der Waals surface area contributed by atoms with E-state index in [1.807, 2.05) is 48.4 Å². The van der Waals surface area contributed by atoms with E-state index in [4.69, 9.17) is 9.47 Å². The molecule has 6 nitrogen and oxygen atoms in total. The highest BCUT2D eigenvalue weighted by Crippen LogP contribution is 2.37. The molecule has 162 valence electrons. The highest BCUT2D eigenvalue weighted by atomic mass is 16.5. The lowest BCUT2D eigenvalue weighted by atomic mass is 9.86. The number of ketones is 1. The first-order chi connectivity index (χ1) is 15.1. The van der Waals surface area contributed by atoms with Crippen LogP contribution in [0.1, 0.15) is 52.9 Å². The number of hydrogen-bond acceptors (Lipinski definition) is 4. The van der Waals surface area contributed by atoms with E-state index in [-0.39, 0.29) is 11.8 Å². The minimum Gasteiger partial charge on any atom is -0.497 e. The van der Waals surface area contributed by atoms with Crippen LogP contribution in [-0.2, 0) is 17.6 Å².